The van der Waals surface area contributed by atoms with Crippen LogP contribution in [0.15, 0.2) is 53.6 Å². The van der Waals surface area contributed by atoms with Crippen molar-refractivity contribution in [3.05, 3.63) is 69.2 Å². The van der Waals surface area contributed by atoms with Gasteiger partial charge >= 0.3 is 0 Å². The fraction of sp³-hybridized carbons (Fsp3) is 0.150. The standard InChI is InChI=1S/C20H14Cl2N4O3/c21-12-5-6-17(15(22)9-12)25-19(28)14(10-23)18(27)7-8-26-11-24-16-4-2-1-3-13(16)20(26)29/h1-6,9,11,14H,7-8H2,(H,25,28). The number of benzene rings is 2. The summed E-state index contributed by atoms with van der Waals surface area (Å²) in [4.78, 5) is 41.4. The van der Waals surface area contributed by atoms with Gasteiger partial charge in [0, 0.05) is 18.0 Å². The number of aromatic nitrogens is 2. The molecule has 1 N–H and O–H groups in total. The number of ketones is 1. The predicted octanol–water partition coefficient (Wildman–Crippen LogP) is 3.44. The highest BCUT2D eigenvalue weighted by Crippen LogP contribution is 2.25. The third-order valence-corrected chi connectivity index (χ3v) is 4.78. The van der Waals surface area contributed by atoms with Crippen molar-refractivity contribution in [2.75, 3.05) is 5.32 Å². The molecule has 7 nitrogen and oxygen atoms in total. The van der Waals surface area contributed by atoms with E-state index in [4.69, 9.17) is 23.2 Å². The minimum absolute atomic E-state index is 0.00264. The van der Waals surface area contributed by atoms with Gasteiger partial charge in [-0.3, -0.25) is 19.0 Å². The molecule has 0 saturated heterocycles. The summed E-state index contributed by atoms with van der Waals surface area (Å²) < 4.78 is 1.28. The van der Waals surface area contributed by atoms with Crippen LogP contribution in [0.1, 0.15) is 6.42 Å². The predicted molar refractivity (Wildman–Crippen MR) is 110 cm³/mol. The van der Waals surface area contributed by atoms with Gasteiger partial charge in [0.1, 0.15) is 0 Å². The van der Waals surface area contributed by atoms with Crippen LogP contribution in [0, 0.1) is 17.2 Å². The van der Waals surface area contributed by atoms with Crippen molar-refractivity contribution in [2.24, 2.45) is 5.92 Å². The number of hydrogen-bond acceptors (Lipinski definition) is 5. The molecule has 0 spiro atoms. The SMILES string of the molecule is N#CC(C(=O)CCn1cnc2ccccc2c1=O)C(=O)Nc1ccc(Cl)cc1Cl. The number of aryl methyl sites for hydroxylation is 1. The molecular weight excluding hydrogens is 415 g/mol. The molecule has 1 unspecified atom stereocenters. The zero-order chi connectivity index (χ0) is 21.0. The van der Waals surface area contributed by atoms with Gasteiger partial charge in [0.15, 0.2) is 11.7 Å². The van der Waals surface area contributed by atoms with Crippen LogP contribution in [0.5, 0.6) is 0 Å². The monoisotopic (exact) mass is 428 g/mol. The Balaban J connectivity index is 1.70. The Bertz CT molecular complexity index is 1200. The number of rotatable bonds is 6. The van der Waals surface area contributed by atoms with E-state index in [2.05, 4.69) is 10.3 Å². The normalized spacial score (nSPS) is 11.6. The van der Waals surface area contributed by atoms with Crippen molar-refractivity contribution in [3.63, 3.8) is 0 Å². The largest absolute Gasteiger partial charge is 0.323 e. The first kappa shape index (κ1) is 20.5. The average Bonchev–Trinajstić information content (AvgIpc) is 2.70. The molecule has 1 aromatic heterocycles. The van der Waals surface area contributed by atoms with Gasteiger partial charge in [-0.05, 0) is 30.3 Å². The number of para-hydroxylation sites is 1. The Hall–Kier alpha value is -3.21. The maximum Gasteiger partial charge on any atom is 0.261 e. The third-order valence-electron chi connectivity index (χ3n) is 4.23. The van der Waals surface area contributed by atoms with Crippen molar-refractivity contribution in [1.29, 1.82) is 5.26 Å². The topological polar surface area (TPSA) is 105 Å². The molecule has 146 valence electrons. The van der Waals surface area contributed by atoms with E-state index in [9.17, 15) is 19.6 Å². The molecule has 2 aromatic carbocycles. The van der Waals surface area contributed by atoms with Gasteiger partial charge in [0.2, 0.25) is 5.91 Å². The van der Waals surface area contributed by atoms with Crippen molar-refractivity contribution < 1.29 is 9.59 Å². The van der Waals surface area contributed by atoms with Crippen LogP contribution in [0.4, 0.5) is 5.69 Å². The molecule has 0 aliphatic heterocycles. The second-order valence-corrected chi connectivity index (χ2v) is 7.00. The first-order valence-electron chi connectivity index (χ1n) is 8.53. The molecule has 0 fully saturated rings. The van der Waals surface area contributed by atoms with E-state index in [1.807, 2.05) is 0 Å². The fourth-order valence-electron chi connectivity index (χ4n) is 2.71. The van der Waals surface area contributed by atoms with Gasteiger partial charge in [-0.1, -0.05) is 35.3 Å². The van der Waals surface area contributed by atoms with E-state index >= 15 is 0 Å². The number of nitrogens with one attached hydrogen (secondary N) is 1. The zero-order valence-electron chi connectivity index (χ0n) is 14.9. The number of fused-ring (bicyclic) bond motifs is 1. The van der Waals surface area contributed by atoms with Gasteiger partial charge in [-0.2, -0.15) is 5.26 Å². The number of carbonyl (C=O) groups excluding carboxylic acids is 2. The van der Waals surface area contributed by atoms with Gasteiger partial charge in [0.05, 0.1) is 34.0 Å². The van der Waals surface area contributed by atoms with E-state index in [-0.39, 0.29) is 29.2 Å². The summed E-state index contributed by atoms with van der Waals surface area (Å²) in [5.41, 5.74) is 0.493. The van der Waals surface area contributed by atoms with Crippen LogP contribution in [0.2, 0.25) is 10.0 Å². The second-order valence-electron chi connectivity index (χ2n) is 6.15. The number of amides is 1. The molecule has 1 heterocycles. The number of nitrogens with zero attached hydrogens (tertiary/aromatic N) is 3. The lowest BCUT2D eigenvalue weighted by Crippen LogP contribution is -2.30. The summed E-state index contributed by atoms with van der Waals surface area (Å²) >= 11 is 11.8. The lowest BCUT2D eigenvalue weighted by molar-refractivity contribution is -0.129. The van der Waals surface area contributed by atoms with E-state index < -0.39 is 17.6 Å². The van der Waals surface area contributed by atoms with Crippen molar-refractivity contribution in [3.8, 4) is 6.07 Å². The van der Waals surface area contributed by atoms with Crippen LogP contribution < -0.4 is 10.9 Å². The Morgan fingerprint density at radius 3 is 2.69 bits per heavy atom. The Morgan fingerprint density at radius 1 is 1.21 bits per heavy atom. The summed E-state index contributed by atoms with van der Waals surface area (Å²) in [5, 5.41) is 12.7. The van der Waals surface area contributed by atoms with Crippen molar-refractivity contribution >= 4 is 51.5 Å². The number of hydrogen-bond donors (Lipinski definition) is 1. The molecular formula is C20H14Cl2N4O3. The van der Waals surface area contributed by atoms with E-state index in [1.165, 1.54) is 29.1 Å². The molecule has 0 bridgehead atoms. The number of anilines is 1. The molecule has 0 radical (unpaired) electrons. The minimum Gasteiger partial charge on any atom is -0.323 e. The molecule has 0 aliphatic rings. The van der Waals surface area contributed by atoms with Crippen LogP contribution in [-0.2, 0) is 16.1 Å². The third kappa shape index (κ3) is 4.62. The van der Waals surface area contributed by atoms with E-state index in [0.29, 0.717) is 15.9 Å². The molecule has 1 atom stereocenters. The lowest BCUT2D eigenvalue weighted by atomic mass is 10.0. The van der Waals surface area contributed by atoms with Crippen LogP contribution in [0.25, 0.3) is 10.9 Å². The maximum absolute atomic E-state index is 12.5. The smallest absolute Gasteiger partial charge is 0.261 e. The van der Waals surface area contributed by atoms with Crippen LogP contribution >= 0.6 is 23.2 Å². The lowest BCUT2D eigenvalue weighted by Gasteiger charge is -2.11. The van der Waals surface area contributed by atoms with Gasteiger partial charge < -0.3 is 5.32 Å². The number of carbonyl (C=O) groups is 2. The van der Waals surface area contributed by atoms with E-state index in [1.54, 1.807) is 30.3 Å². The molecule has 0 aliphatic carbocycles. The first-order chi connectivity index (χ1) is 13.9. The van der Waals surface area contributed by atoms with E-state index in [0.717, 1.165) is 0 Å². The zero-order valence-corrected chi connectivity index (χ0v) is 16.4. The van der Waals surface area contributed by atoms with Crippen molar-refractivity contribution in [1.82, 2.24) is 9.55 Å². The highest BCUT2D eigenvalue weighted by molar-refractivity contribution is 6.36. The molecule has 0 saturated carbocycles. The number of nitriles is 1. The summed E-state index contributed by atoms with van der Waals surface area (Å²) in [7, 11) is 0. The quantitative estimate of drug-likeness (QED) is 0.605. The Morgan fingerprint density at radius 2 is 1.97 bits per heavy atom. The Kier molecular flexibility index (Phi) is 6.27. The minimum atomic E-state index is -1.54. The number of Topliss-reactive ketones (excluding diaryl/α,β-unsaturated/α-hetero) is 1. The average molecular weight is 429 g/mol. The van der Waals surface area contributed by atoms with Crippen molar-refractivity contribution in [2.45, 2.75) is 13.0 Å². The first-order valence-corrected chi connectivity index (χ1v) is 9.28. The Labute approximate surface area is 175 Å². The highest BCUT2D eigenvalue weighted by atomic mass is 35.5. The summed E-state index contributed by atoms with van der Waals surface area (Å²) in [6, 6.07) is 13.0. The van der Waals surface area contributed by atoms with Gasteiger partial charge in [-0.25, -0.2) is 4.98 Å². The summed E-state index contributed by atoms with van der Waals surface area (Å²) in [5.74, 6) is -2.95. The second kappa shape index (κ2) is 8.86. The molecule has 1 amide bonds. The van der Waals surface area contributed by atoms with Gasteiger partial charge in [-0.15, -0.1) is 0 Å². The summed E-state index contributed by atoms with van der Waals surface area (Å²) in [6.45, 7) is 0.00264. The number of halogens is 2. The maximum atomic E-state index is 12.5. The fourth-order valence-corrected chi connectivity index (χ4v) is 3.17. The van der Waals surface area contributed by atoms with Crippen LogP contribution in [0.3, 0.4) is 0 Å². The summed E-state index contributed by atoms with van der Waals surface area (Å²) in [6.07, 6.45) is 1.16. The van der Waals surface area contributed by atoms with Crippen LogP contribution in [-0.4, -0.2) is 21.2 Å². The molecule has 3 aromatic rings. The molecule has 9 heteroatoms. The van der Waals surface area contributed by atoms with Gasteiger partial charge in [0.25, 0.3) is 5.56 Å². The molecule has 29 heavy (non-hydrogen) atoms. The highest BCUT2D eigenvalue weighted by Gasteiger charge is 2.26. The molecule has 3 rings (SSSR count).